The maximum atomic E-state index is 11.0. The van der Waals surface area contributed by atoms with Crippen molar-refractivity contribution in [1.82, 2.24) is 4.90 Å². The van der Waals surface area contributed by atoms with Crippen molar-refractivity contribution in [2.75, 3.05) is 25.0 Å². The van der Waals surface area contributed by atoms with Crippen molar-refractivity contribution in [1.29, 1.82) is 0 Å². The van der Waals surface area contributed by atoms with Crippen molar-refractivity contribution in [2.24, 2.45) is 0 Å². The summed E-state index contributed by atoms with van der Waals surface area (Å²) in [7, 11) is 0. The van der Waals surface area contributed by atoms with Gasteiger partial charge in [0.05, 0.1) is 4.92 Å². The molecule has 1 N–H and O–H groups in total. The predicted molar refractivity (Wildman–Crippen MR) is 81.1 cm³/mol. The molecular weight excluding hydrogens is 254 g/mol. The second-order valence-electron chi connectivity index (χ2n) is 5.39. The number of rotatable bonds is 6. The van der Waals surface area contributed by atoms with Gasteiger partial charge in [-0.1, -0.05) is 25.5 Å². The van der Waals surface area contributed by atoms with Gasteiger partial charge in [0.2, 0.25) is 0 Å². The first-order chi connectivity index (χ1) is 9.70. The molecule has 1 heterocycles. The number of anilines is 1. The first kappa shape index (κ1) is 14.8. The van der Waals surface area contributed by atoms with E-state index < -0.39 is 0 Å². The number of nitro benzene ring substituents is 1. The van der Waals surface area contributed by atoms with Crippen LogP contribution in [-0.4, -0.2) is 35.5 Å². The second-order valence-corrected chi connectivity index (χ2v) is 5.39. The monoisotopic (exact) mass is 277 g/mol. The van der Waals surface area contributed by atoms with Crippen LogP contribution in [0, 0.1) is 10.1 Å². The summed E-state index contributed by atoms with van der Waals surface area (Å²) in [6.07, 6.45) is 4.59. The molecule has 1 fully saturated rings. The average Bonchev–Trinajstić information content (AvgIpc) is 2.47. The Morgan fingerprint density at radius 2 is 2.05 bits per heavy atom. The van der Waals surface area contributed by atoms with Crippen LogP contribution in [0.3, 0.4) is 0 Å². The quantitative estimate of drug-likeness (QED) is 0.640. The summed E-state index contributed by atoms with van der Waals surface area (Å²) in [6, 6.07) is 7.23. The van der Waals surface area contributed by atoms with Gasteiger partial charge in [-0.15, -0.1) is 0 Å². The third-order valence-corrected chi connectivity index (χ3v) is 3.88. The molecule has 0 saturated carbocycles. The minimum atomic E-state index is -0.321. The minimum absolute atomic E-state index is 0.168. The highest BCUT2D eigenvalue weighted by molar-refractivity contribution is 5.61. The van der Waals surface area contributed by atoms with Crippen LogP contribution in [0.25, 0.3) is 0 Å². The lowest BCUT2D eigenvalue weighted by atomic mass is 10.0. The SMILES string of the molecule is CCCCN1CCC(Nc2ccccc2[N+](=O)[O-])CC1. The molecule has 110 valence electrons. The molecule has 0 unspecified atom stereocenters. The molecule has 2 rings (SSSR count). The van der Waals surface area contributed by atoms with Gasteiger partial charge in [0, 0.05) is 25.2 Å². The van der Waals surface area contributed by atoms with Crippen LogP contribution >= 0.6 is 0 Å². The number of benzene rings is 1. The summed E-state index contributed by atoms with van der Waals surface area (Å²) in [5, 5.41) is 14.3. The number of unbranched alkanes of at least 4 members (excludes halogenated alkanes) is 1. The van der Waals surface area contributed by atoms with E-state index in [1.807, 2.05) is 6.07 Å². The van der Waals surface area contributed by atoms with Crippen LogP contribution in [0.5, 0.6) is 0 Å². The Morgan fingerprint density at radius 1 is 1.35 bits per heavy atom. The number of hydrogen-bond donors (Lipinski definition) is 1. The highest BCUT2D eigenvalue weighted by atomic mass is 16.6. The third-order valence-electron chi connectivity index (χ3n) is 3.88. The zero-order valence-electron chi connectivity index (χ0n) is 12.0. The Bertz CT molecular complexity index is 442. The highest BCUT2D eigenvalue weighted by Gasteiger charge is 2.21. The molecule has 5 heteroatoms. The van der Waals surface area contributed by atoms with E-state index in [0.717, 1.165) is 25.9 Å². The van der Waals surface area contributed by atoms with Gasteiger partial charge in [-0.05, 0) is 31.9 Å². The van der Waals surface area contributed by atoms with Crippen molar-refractivity contribution in [3.63, 3.8) is 0 Å². The van der Waals surface area contributed by atoms with Crippen molar-refractivity contribution in [2.45, 2.75) is 38.6 Å². The fourth-order valence-corrected chi connectivity index (χ4v) is 2.66. The normalized spacial score (nSPS) is 17.1. The highest BCUT2D eigenvalue weighted by Crippen LogP contribution is 2.26. The van der Waals surface area contributed by atoms with Gasteiger partial charge >= 0.3 is 0 Å². The molecule has 1 saturated heterocycles. The Hall–Kier alpha value is -1.62. The van der Waals surface area contributed by atoms with Crippen molar-refractivity contribution in [3.8, 4) is 0 Å². The van der Waals surface area contributed by atoms with Crippen LogP contribution in [0.4, 0.5) is 11.4 Å². The molecule has 0 spiro atoms. The molecule has 1 aromatic rings. The zero-order valence-corrected chi connectivity index (χ0v) is 12.0. The van der Waals surface area contributed by atoms with Gasteiger partial charge in [-0.3, -0.25) is 10.1 Å². The molecule has 0 bridgehead atoms. The molecule has 5 nitrogen and oxygen atoms in total. The molecule has 1 aromatic carbocycles. The van der Waals surface area contributed by atoms with Crippen molar-refractivity contribution < 1.29 is 4.92 Å². The van der Waals surface area contributed by atoms with Crippen LogP contribution in [0.1, 0.15) is 32.6 Å². The topological polar surface area (TPSA) is 58.4 Å². The Kier molecular flexibility index (Phi) is 5.35. The summed E-state index contributed by atoms with van der Waals surface area (Å²) in [5.41, 5.74) is 0.811. The van der Waals surface area contributed by atoms with E-state index in [2.05, 4.69) is 17.1 Å². The number of hydrogen-bond acceptors (Lipinski definition) is 4. The fraction of sp³-hybridized carbons (Fsp3) is 0.600. The third kappa shape index (κ3) is 3.93. The summed E-state index contributed by atoms with van der Waals surface area (Å²) in [5.74, 6) is 0. The molecule has 1 aliphatic heterocycles. The number of para-hydroxylation sites is 2. The summed E-state index contributed by atoms with van der Waals surface area (Å²) < 4.78 is 0. The number of likely N-dealkylation sites (tertiary alicyclic amines) is 1. The predicted octanol–water partition coefficient (Wildman–Crippen LogP) is 3.27. The van der Waals surface area contributed by atoms with E-state index in [0.29, 0.717) is 11.7 Å². The fourth-order valence-electron chi connectivity index (χ4n) is 2.66. The second kappa shape index (κ2) is 7.24. The van der Waals surface area contributed by atoms with E-state index >= 15 is 0 Å². The van der Waals surface area contributed by atoms with Crippen LogP contribution in [-0.2, 0) is 0 Å². The number of piperidine rings is 1. The molecule has 0 aliphatic carbocycles. The van der Waals surface area contributed by atoms with E-state index in [1.54, 1.807) is 18.2 Å². The molecule has 0 radical (unpaired) electrons. The molecule has 0 aromatic heterocycles. The van der Waals surface area contributed by atoms with Gasteiger partial charge in [0.25, 0.3) is 5.69 Å². The number of nitrogens with one attached hydrogen (secondary N) is 1. The lowest BCUT2D eigenvalue weighted by molar-refractivity contribution is -0.384. The van der Waals surface area contributed by atoms with Gasteiger partial charge in [-0.25, -0.2) is 0 Å². The summed E-state index contributed by atoms with van der Waals surface area (Å²) in [6.45, 7) is 5.55. The van der Waals surface area contributed by atoms with E-state index in [1.165, 1.54) is 19.4 Å². The van der Waals surface area contributed by atoms with Gasteiger partial charge in [0.15, 0.2) is 0 Å². The zero-order chi connectivity index (χ0) is 14.4. The summed E-state index contributed by atoms with van der Waals surface area (Å²) in [4.78, 5) is 13.2. The Labute approximate surface area is 120 Å². The van der Waals surface area contributed by atoms with E-state index in [-0.39, 0.29) is 10.6 Å². The molecular formula is C15H23N3O2. The van der Waals surface area contributed by atoms with Gasteiger partial charge in [-0.2, -0.15) is 0 Å². The first-order valence-corrected chi connectivity index (χ1v) is 7.43. The van der Waals surface area contributed by atoms with E-state index in [4.69, 9.17) is 0 Å². The summed E-state index contributed by atoms with van der Waals surface area (Å²) >= 11 is 0. The van der Waals surface area contributed by atoms with Crippen LogP contribution in [0.2, 0.25) is 0 Å². The standard InChI is InChI=1S/C15H23N3O2/c1-2-3-10-17-11-8-13(9-12-17)16-14-6-4-5-7-15(14)18(19)20/h4-7,13,16H,2-3,8-12H2,1H3. The van der Waals surface area contributed by atoms with Crippen LogP contribution < -0.4 is 5.32 Å². The maximum absolute atomic E-state index is 11.0. The van der Waals surface area contributed by atoms with Crippen molar-refractivity contribution >= 4 is 11.4 Å². The number of nitrogens with zero attached hydrogens (tertiary/aromatic N) is 2. The van der Waals surface area contributed by atoms with Crippen LogP contribution in [0.15, 0.2) is 24.3 Å². The number of nitro groups is 1. The van der Waals surface area contributed by atoms with E-state index in [9.17, 15) is 10.1 Å². The molecule has 20 heavy (non-hydrogen) atoms. The van der Waals surface area contributed by atoms with Crippen molar-refractivity contribution in [3.05, 3.63) is 34.4 Å². The molecule has 0 amide bonds. The largest absolute Gasteiger partial charge is 0.377 e. The van der Waals surface area contributed by atoms with Gasteiger partial charge < -0.3 is 10.2 Å². The molecule has 0 atom stereocenters. The lowest BCUT2D eigenvalue weighted by Crippen LogP contribution is -2.39. The average molecular weight is 277 g/mol. The molecule has 1 aliphatic rings. The Balaban J connectivity index is 1.88. The Morgan fingerprint density at radius 3 is 2.70 bits per heavy atom. The van der Waals surface area contributed by atoms with Gasteiger partial charge in [0.1, 0.15) is 5.69 Å². The maximum Gasteiger partial charge on any atom is 0.292 e. The smallest absolute Gasteiger partial charge is 0.292 e. The minimum Gasteiger partial charge on any atom is -0.377 e. The first-order valence-electron chi connectivity index (χ1n) is 7.43. The lowest BCUT2D eigenvalue weighted by Gasteiger charge is -2.32.